The second kappa shape index (κ2) is 37.8. The number of quaternary nitrogens is 1. The van der Waals surface area contributed by atoms with Gasteiger partial charge in [0, 0.05) is 6.42 Å². The Labute approximate surface area is 339 Å². The molecule has 0 radical (unpaired) electrons. The van der Waals surface area contributed by atoms with Crippen molar-refractivity contribution in [3.8, 4) is 0 Å². The molecule has 0 aromatic rings. The van der Waals surface area contributed by atoms with Crippen LogP contribution in [0.5, 0.6) is 0 Å². The Balaban J connectivity index is 4.54. The van der Waals surface area contributed by atoms with Crippen molar-refractivity contribution in [2.24, 2.45) is 0 Å². The van der Waals surface area contributed by atoms with Crippen LogP contribution in [-0.4, -0.2) is 68.5 Å². The zero-order valence-electron chi connectivity index (χ0n) is 36.1. The van der Waals surface area contributed by atoms with Gasteiger partial charge >= 0.3 is 0 Å². The van der Waals surface area contributed by atoms with Crippen molar-refractivity contribution in [2.45, 2.75) is 187 Å². The molecule has 9 heteroatoms. The molecule has 3 unspecified atom stereocenters. The summed E-state index contributed by atoms with van der Waals surface area (Å²) in [5.41, 5.74) is 0. The van der Waals surface area contributed by atoms with Gasteiger partial charge in [-0.1, -0.05) is 158 Å². The first-order valence-corrected chi connectivity index (χ1v) is 23.6. The minimum atomic E-state index is -4.60. The van der Waals surface area contributed by atoms with Gasteiger partial charge in [0.25, 0.3) is 7.82 Å². The van der Waals surface area contributed by atoms with Crippen molar-refractivity contribution >= 4 is 13.7 Å². The Morgan fingerprint density at radius 1 is 0.636 bits per heavy atom. The van der Waals surface area contributed by atoms with Crippen LogP contribution in [0.2, 0.25) is 0 Å². The number of phosphoric acid groups is 1. The number of amides is 1. The van der Waals surface area contributed by atoms with Crippen LogP contribution in [0, 0.1) is 0 Å². The minimum absolute atomic E-state index is 0.0142. The number of allylic oxidation sites excluding steroid dienone is 9. The lowest BCUT2D eigenvalue weighted by Crippen LogP contribution is -2.45. The summed E-state index contributed by atoms with van der Waals surface area (Å²) in [5, 5.41) is 13.7. The van der Waals surface area contributed by atoms with Crippen molar-refractivity contribution in [3.05, 3.63) is 60.8 Å². The molecule has 0 saturated carbocycles. The van der Waals surface area contributed by atoms with E-state index in [1.165, 1.54) is 83.5 Å². The number of hydrogen-bond donors (Lipinski definition) is 2. The van der Waals surface area contributed by atoms with Crippen molar-refractivity contribution in [1.82, 2.24) is 5.32 Å². The van der Waals surface area contributed by atoms with E-state index in [0.29, 0.717) is 17.4 Å². The molecule has 0 bridgehead atoms. The second-order valence-corrected chi connectivity index (χ2v) is 17.4. The highest BCUT2D eigenvalue weighted by molar-refractivity contribution is 7.45. The standard InChI is InChI=1S/C46H85N2O6P/c1-6-8-10-12-14-16-18-20-22-23-24-25-26-27-29-31-33-35-37-39-45(49)44(43-54-55(51,52)53-42-41-48(3,4)5)47-46(50)40-38-36-34-32-30-28-21-19-17-15-13-11-9-7-2/h13,15,19,21,24-25,29,31,37,39,44-45,49H,6-12,14,16-18,20,22-23,26-28,30,32-36,38,40-43H2,1-5H3,(H-,47,50,51,52)/b15-13-,21-19-,25-24+,31-29+,39-37+. The van der Waals surface area contributed by atoms with Crippen LogP contribution < -0.4 is 10.2 Å². The topological polar surface area (TPSA) is 108 Å². The number of aliphatic hydroxyl groups is 1. The predicted molar refractivity (Wildman–Crippen MR) is 233 cm³/mol. The summed E-state index contributed by atoms with van der Waals surface area (Å²) in [5.74, 6) is -0.229. The Hall–Kier alpha value is -1.80. The van der Waals surface area contributed by atoms with Gasteiger partial charge in [0.05, 0.1) is 39.9 Å². The average Bonchev–Trinajstić information content (AvgIpc) is 3.13. The molecule has 0 aromatic carbocycles. The first-order chi connectivity index (χ1) is 26.5. The maximum atomic E-state index is 12.8. The number of likely N-dealkylation sites (N-methyl/N-ethyl adjacent to an activating group) is 1. The van der Waals surface area contributed by atoms with E-state index in [2.05, 4.69) is 67.8 Å². The number of unbranched alkanes of at least 4 members (excludes halogenated alkanes) is 18. The van der Waals surface area contributed by atoms with Gasteiger partial charge in [0.1, 0.15) is 13.2 Å². The first kappa shape index (κ1) is 53.2. The monoisotopic (exact) mass is 793 g/mol. The number of nitrogens with zero attached hydrogens (tertiary/aromatic N) is 1. The molecule has 1 amide bonds. The molecule has 0 aliphatic heterocycles. The van der Waals surface area contributed by atoms with E-state index in [0.717, 1.165) is 70.6 Å². The molecule has 0 aliphatic carbocycles. The summed E-state index contributed by atoms with van der Waals surface area (Å²) in [6, 6.07) is -0.917. The largest absolute Gasteiger partial charge is 0.756 e. The van der Waals surface area contributed by atoms with Gasteiger partial charge in [-0.05, 0) is 70.6 Å². The molecule has 55 heavy (non-hydrogen) atoms. The van der Waals surface area contributed by atoms with Crippen LogP contribution in [-0.2, 0) is 18.4 Å². The molecule has 0 rings (SSSR count). The zero-order chi connectivity index (χ0) is 40.7. The van der Waals surface area contributed by atoms with E-state index in [1.54, 1.807) is 6.08 Å². The van der Waals surface area contributed by atoms with Crippen molar-refractivity contribution in [3.63, 3.8) is 0 Å². The van der Waals surface area contributed by atoms with Crippen LogP contribution in [0.4, 0.5) is 0 Å². The smallest absolute Gasteiger partial charge is 0.268 e. The lowest BCUT2D eigenvalue weighted by atomic mass is 10.1. The van der Waals surface area contributed by atoms with Crippen molar-refractivity contribution in [1.29, 1.82) is 0 Å². The number of aliphatic hydroxyl groups excluding tert-OH is 1. The van der Waals surface area contributed by atoms with Gasteiger partial charge in [-0.25, -0.2) is 0 Å². The summed E-state index contributed by atoms with van der Waals surface area (Å²) >= 11 is 0. The third-order valence-electron chi connectivity index (χ3n) is 9.43. The van der Waals surface area contributed by atoms with E-state index in [9.17, 15) is 19.4 Å². The summed E-state index contributed by atoms with van der Waals surface area (Å²) in [6.07, 6.45) is 48.4. The molecule has 0 saturated heterocycles. The highest BCUT2D eigenvalue weighted by Crippen LogP contribution is 2.38. The average molecular weight is 793 g/mol. The van der Waals surface area contributed by atoms with Gasteiger partial charge in [-0.3, -0.25) is 9.36 Å². The first-order valence-electron chi connectivity index (χ1n) is 22.2. The van der Waals surface area contributed by atoms with Gasteiger partial charge in [-0.15, -0.1) is 0 Å². The van der Waals surface area contributed by atoms with Crippen molar-refractivity contribution < 1.29 is 32.9 Å². The lowest BCUT2D eigenvalue weighted by molar-refractivity contribution is -0.870. The fourth-order valence-electron chi connectivity index (χ4n) is 5.85. The van der Waals surface area contributed by atoms with Crippen molar-refractivity contribution in [2.75, 3.05) is 40.9 Å². The predicted octanol–water partition coefficient (Wildman–Crippen LogP) is 11.6. The molecule has 320 valence electrons. The fourth-order valence-corrected chi connectivity index (χ4v) is 6.57. The summed E-state index contributed by atoms with van der Waals surface area (Å²) in [4.78, 5) is 25.3. The van der Waals surface area contributed by atoms with E-state index in [-0.39, 0.29) is 12.5 Å². The Morgan fingerprint density at radius 2 is 1.09 bits per heavy atom. The van der Waals surface area contributed by atoms with Crippen LogP contribution in [0.3, 0.4) is 0 Å². The molecule has 2 N–H and O–H groups in total. The second-order valence-electron chi connectivity index (χ2n) is 16.0. The molecule has 0 aromatic heterocycles. The SMILES string of the molecule is CCCC/C=C\C/C=C\CCCCCCCC(=O)NC(COP(=O)([O-])OCC[N+](C)(C)C)C(O)/C=C/CC/C=C/CC/C=C/CCCCCCCCCCC. The van der Waals surface area contributed by atoms with Crippen LogP contribution in [0.15, 0.2) is 60.8 Å². The lowest BCUT2D eigenvalue weighted by Gasteiger charge is -2.29. The van der Waals surface area contributed by atoms with Gasteiger partial charge in [-0.2, -0.15) is 0 Å². The van der Waals surface area contributed by atoms with E-state index >= 15 is 0 Å². The summed E-state index contributed by atoms with van der Waals surface area (Å²) in [6.45, 7) is 4.54. The number of phosphoric ester groups is 1. The van der Waals surface area contributed by atoms with E-state index in [1.807, 2.05) is 27.2 Å². The maximum absolute atomic E-state index is 12.8. The molecular weight excluding hydrogens is 707 g/mol. The normalized spacial score (nSPS) is 15.0. The number of nitrogens with one attached hydrogen (secondary N) is 1. The molecule has 8 nitrogen and oxygen atoms in total. The minimum Gasteiger partial charge on any atom is -0.756 e. The molecule has 0 heterocycles. The highest BCUT2D eigenvalue weighted by Gasteiger charge is 2.23. The number of hydrogen-bond acceptors (Lipinski definition) is 6. The van der Waals surface area contributed by atoms with Crippen LogP contribution in [0.1, 0.15) is 174 Å². The molecular formula is C46H85N2O6P. The van der Waals surface area contributed by atoms with Crippen LogP contribution >= 0.6 is 7.82 Å². The quantitative estimate of drug-likeness (QED) is 0.0278. The zero-order valence-corrected chi connectivity index (χ0v) is 37.0. The molecule has 0 spiro atoms. The summed E-state index contributed by atoms with van der Waals surface area (Å²) in [7, 11) is 1.22. The Morgan fingerprint density at radius 3 is 1.64 bits per heavy atom. The van der Waals surface area contributed by atoms with E-state index in [4.69, 9.17) is 9.05 Å². The van der Waals surface area contributed by atoms with E-state index < -0.39 is 26.6 Å². The molecule has 0 fully saturated rings. The fraction of sp³-hybridized carbons (Fsp3) is 0.761. The Bertz CT molecular complexity index is 1080. The number of carbonyl (C=O) groups is 1. The van der Waals surface area contributed by atoms with Gasteiger partial charge in [0.2, 0.25) is 5.91 Å². The summed E-state index contributed by atoms with van der Waals surface area (Å²) < 4.78 is 23.1. The van der Waals surface area contributed by atoms with Gasteiger partial charge < -0.3 is 28.8 Å². The molecule has 3 atom stereocenters. The third-order valence-corrected chi connectivity index (χ3v) is 10.4. The van der Waals surface area contributed by atoms with Crippen LogP contribution in [0.25, 0.3) is 0 Å². The number of carbonyl (C=O) groups excluding carboxylic acids is 1. The highest BCUT2D eigenvalue weighted by atomic mass is 31.2. The maximum Gasteiger partial charge on any atom is 0.268 e. The van der Waals surface area contributed by atoms with Gasteiger partial charge in [0.15, 0.2) is 0 Å². The number of rotatable bonds is 39. The Kier molecular flexibility index (Phi) is 36.5. The molecule has 0 aliphatic rings. The third kappa shape index (κ3) is 40.2.